The van der Waals surface area contributed by atoms with Gasteiger partial charge in [0, 0.05) is 28.9 Å². The van der Waals surface area contributed by atoms with Crippen LogP contribution in [0.15, 0.2) is 23.6 Å². The summed E-state index contributed by atoms with van der Waals surface area (Å²) in [6, 6.07) is 5.98. The average Bonchev–Trinajstić information content (AvgIpc) is 3.06. The van der Waals surface area contributed by atoms with E-state index in [0.29, 0.717) is 24.0 Å². The van der Waals surface area contributed by atoms with E-state index >= 15 is 0 Å². The van der Waals surface area contributed by atoms with Gasteiger partial charge in [0.15, 0.2) is 10.8 Å². The Morgan fingerprint density at radius 2 is 2.03 bits per heavy atom. The van der Waals surface area contributed by atoms with E-state index in [-0.39, 0.29) is 28.3 Å². The zero-order valence-corrected chi connectivity index (χ0v) is 19.0. The lowest BCUT2D eigenvalue weighted by atomic mass is 9.54. The first kappa shape index (κ1) is 21.1. The molecule has 0 spiro atoms. The van der Waals surface area contributed by atoms with Gasteiger partial charge >= 0.3 is 6.18 Å². The molecule has 2 aliphatic carbocycles. The quantitative estimate of drug-likeness (QED) is 0.642. The summed E-state index contributed by atoms with van der Waals surface area (Å²) in [5.41, 5.74) is 0.505. The fourth-order valence-electron chi connectivity index (χ4n) is 5.73. The van der Waals surface area contributed by atoms with Crippen LogP contribution < -0.4 is 5.32 Å². The van der Waals surface area contributed by atoms with Gasteiger partial charge in [-0.15, -0.1) is 11.3 Å². The van der Waals surface area contributed by atoms with Crippen LogP contribution in [-0.4, -0.2) is 34.4 Å². The molecule has 166 valence electrons. The Bertz CT molecular complexity index is 1060. The molecular formula is C22H23ClF3N3OS. The lowest BCUT2D eigenvalue weighted by Gasteiger charge is -2.55. The monoisotopic (exact) mass is 469 g/mol. The van der Waals surface area contributed by atoms with Crippen LogP contribution in [0.25, 0.3) is 0 Å². The van der Waals surface area contributed by atoms with Gasteiger partial charge in [-0.3, -0.25) is 4.79 Å². The highest BCUT2D eigenvalue weighted by Gasteiger charge is 2.67. The number of piperidine rings is 1. The summed E-state index contributed by atoms with van der Waals surface area (Å²) < 4.78 is 38.9. The van der Waals surface area contributed by atoms with Gasteiger partial charge in [0.05, 0.1) is 0 Å². The number of carbonyl (C=O) groups excluding carboxylic acids is 1. The van der Waals surface area contributed by atoms with Crippen molar-refractivity contribution in [2.45, 2.75) is 50.2 Å². The predicted octanol–water partition coefficient (Wildman–Crippen LogP) is 5.54. The number of hydrogen-bond acceptors (Lipinski definition) is 4. The highest BCUT2D eigenvalue weighted by atomic mass is 35.5. The number of halogens is 4. The zero-order valence-electron chi connectivity index (χ0n) is 17.4. The molecule has 2 fully saturated rings. The molecule has 3 aliphatic rings. The first-order valence-corrected chi connectivity index (χ1v) is 11.6. The van der Waals surface area contributed by atoms with Gasteiger partial charge in [0.25, 0.3) is 0 Å². The van der Waals surface area contributed by atoms with E-state index in [4.69, 9.17) is 11.6 Å². The molecule has 4 nitrogen and oxygen atoms in total. The second-order valence-corrected chi connectivity index (χ2v) is 10.6. The molecule has 1 saturated heterocycles. The van der Waals surface area contributed by atoms with Gasteiger partial charge in [-0.2, -0.15) is 13.2 Å². The van der Waals surface area contributed by atoms with Crippen LogP contribution in [0.5, 0.6) is 0 Å². The standard InChI is InChI=1S/C22H23ClF3N3OS/c1-11-12(2)21(11,28-19-27-17(9-31-19)22(24,25)26)18(30)29-7-6-15-14-5-4-13(23)8-16(14)20(15,3)10-29/h4-5,8-9,11-12,15H,6-7,10H2,1-3H3,(H,27,28). The van der Waals surface area contributed by atoms with E-state index in [2.05, 4.69) is 23.3 Å². The number of fused-ring (bicyclic) bond motifs is 4. The summed E-state index contributed by atoms with van der Waals surface area (Å²) in [6.07, 6.45) is -3.63. The molecule has 1 N–H and O–H groups in total. The van der Waals surface area contributed by atoms with Gasteiger partial charge in [-0.05, 0) is 47.4 Å². The number of hydrogen-bond donors (Lipinski definition) is 1. The molecule has 1 aromatic carbocycles. The van der Waals surface area contributed by atoms with Crippen LogP contribution in [0.1, 0.15) is 49.9 Å². The highest BCUT2D eigenvalue weighted by molar-refractivity contribution is 7.13. The molecular weight excluding hydrogens is 447 g/mol. The Labute approximate surface area is 187 Å². The Morgan fingerprint density at radius 3 is 2.65 bits per heavy atom. The van der Waals surface area contributed by atoms with Gasteiger partial charge in [0.2, 0.25) is 5.91 Å². The van der Waals surface area contributed by atoms with Crippen LogP contribution >= 0.6 is 22.9 Å². The van der Waals surface area contributed by atoms with Crippen molar-refractivity contribution >= 4 is 34.0 Å². The maximum atomic E-state index is 13.7. The van der Waals surface area contributed by atoms with Gasteiger partial charge in [-0.1, -0.05) is 38.4 Å². The van der Waals surface area contributed by atoms with Crippen molar-refractivity contribution in [1.29, 1.82) is 0 Å². The second-order valence-electron chi connectivity index (χ2n) is 9.32. The fraction of sp³-hybridized carbons (Fsp3) is 0.545. The van der Waals surface area contributed by atoms with E-state index in [9.17, 15) is 18.0 Å². The Balaban J connectivity index is 1.39. The molecule has 31 heavy (non-hydrogen) atoms. The van der Waals surface area contributed by atoms with Gasteiger partial charge in [0.1, 0.15) is 5.54 Å². The van der Waals surface area contributed by atoms with Gasteiger partial charge < -0.3 is 10.2 Å². The average molecular weight is 470 g/mol. The molecule has 5 rings (SSSR count). The van der Waals surface area contributed by atoms with E-state index < -0.39 is 17.4 Å². The van der Waals surface area contributed by atoms with Crippen molar-refractivity contribution in [3.8, 4) is 0 Å². The molecule has 1 saturated carbocycles. The maximum Gasteiger partial charge on any atom is 0.434 e. The Kier molecular flexibility index (Phi) is 4.49. The molecule has 4 atom stereocenters. The topological polar surface area (TPSA) is 45.2 Å². The number of rotatable bonds is 3. The number of nitrogens with one attached hydrogen (secondary N) is 1. The van der Waals surface area contributed by atoms with Crippen molar-refractivity contribution in [2.75, 3.05) is 18.4 Å². The third-order valence-corrected chi connectivity index (χ3v) is 8.80. The van der Waals surface area contributed by atoms with Crippen molar-refractivity contribution in [1.82, 2.24) is 9.88 Å². The van der Waals surface area contributed by atoms with Crippen LogP contribution in [0.3, 0.4) is 0 Å². The summed E-state index contributed by atoms with van der Waals surface area (Å²) >= 11 is 7.10. The number of amides is 1. The molecule has 1 aliphatic heterocycles. The number of likely N-dealkylation sites (tertiary alicyclic amines) is 1. The first-order valence-electron chi connectivity index (χ1n) is 10.4. The molecule has 0 bridgehead atoms. The van der Waals surface area contributed by atoms with Crippen molar-refractivity contribution in [2.24, 2.45) is 11.8 Å². The number of benzene rings is 1. The zero-order chi connectivity index (χ0) is 22.3. The molecule has 2 aromatic rings. The number of thiazole rings is 1. The first-order chi connectivity index (χ1) is 14.5. The molecule has 9 heteroatoms. The fourth-order valence-corrected chi connectivity index (χ4v) is 6.69. The van der Waals surface area contributed by atoms with E-state index in [1.54, 1.807) is 0 Å². The second kappa shape index (κ2) is 6.61. The number of alkyl halides is 3. The molecule has 1 amide bonds. The van der Waals surface area contributed by atoms with Crippen molar-refractivity contribution in [3.05, 3.63) is 45.4 Å². The smallest absolute Gasteiger partial charge is 0.347 e. The predicted molar refractivity (Wildman–Crippen MR) is 115 cm³/mol. The van der Waals surface area contributed by atoms with E-state index in [1.165, 1.54) is 11.1 Å². The van der Waals surface area contributed by atoms with Crippen molar-refractivity contribution in [3.63, 3.8) is 0 Å². The summed E-state index contributed by atoms with van der Waals surface area (Å²) in [4.78, 5) is 19.3. The van der Waals surface area contributed by atoms with Crippen LogP contribution in [0.4, 0.5) is 18.3 Å². The summed E-state index contributed by atoms with van der Waals surface area (Å²) in [5, 5.41) is 4.91. The number of aromatic nitrogens is 1. The highest BCUT2D eigenvalue weighted by Crippen LogP contribution is 2.58. The Hall–Kier alpha value is -1.80. The molecule has 2 heterocycles. The summed E-state index contributed by atoms with van der Waals surface area (Å²) in [7, 11) is 0. The molecule has 0 radical (unpaired) electrons. The van der Waals surface area contributed by atoms with Crippen LogP contribution in [-0.2, 0) is 16.4 Å². The maximum absolute atomic E-state index is 13.7. The Morgan fingerprint density at radius 1 is 1.32 bits per heavy atom. The van der Waals surface area contributed by atoms with Gasteiger partial charge in [-0.25, -0.2) is 4.98 Å². The third kappa shape index (κ3) is 2.94. The third-order valence-electron chi connectivity index (χ3n) is 7.81. The largest absolute Gasteiger partial charge is 0.434 e. The number of anilines is 1. The lowest BCUT2D eigenvalue weighted by Crippen LogP contribution is -2.59. The summed E-state index contributed by atoms with van der Waals surface area (Å²) in [5.74, 6) is 0.361. The van der Waals surface area contributed by atoms with Crippen LogP contribution in [0.2, 0.25) is 5.02 Å². The number of carbonyl (C=O) groups is 1. The normalized spacial score (nSPS) is 33.9. The summed E-state index contributed by atoms with van der Waals surface area (Å²) in [6.45, 7) is 7.31. The molecule has 1 aromatic heterocycles. The number of nitrogens with zero attached hydrogens (tertiary/aromatic N) is 2. The van der Waals surface area contributed by atoms with E-state index in [1.807, 2.05) is 30.9 Å². The lowest BCUT2D eigenvalue weighted by molar-refractivity contribution is -0.140. The SMILES string of the molecule is CC1C(C)C1(Nc1nc(C(F)(F)F)cs1)C(=O)N1CCC2c3ccc(Cl)cc3C2(C)C1. The van der Waals surface area contributed by atoms with Crippen molar-refractivity contribution < 1.29 is 18.0 Å². The minimum absolute atomic E-state index is 0.00638. The molecule has 4 unspecified atom stereocenters. The minimum atomic E-state index is -4.50. The van der Waals surface area contributed by atoms with Crippen LogP contribution in [0, 0.1) is 11.8 Å². The minimum Gasteiger partial charge on any atom is -0.347 e. The van der Waals surface area contributed by atoms with E-state index in [0.717, 1.165) is 23.1 Å².